The largest absolute Gasteiger partial charge is 0.396 e. The minimum absolute atomic E-state index is 0.171. The maximum absolute atomic E-state index is 8.78. The molecule has 1 aromatic carbocycles. The van der Waals surface area contributed by atoms with Gasteiger partial charge in [-0.2, -0.15) is 0 Å². The normalized spacial score (nSPS) is 27.1. The van der Waals surface area contributed by atoms with Crippen LogP contribution in [0.4, 0.5) is 0 Å². The lowest BCUT2D eigenvalue weighted by atomic mass is 10.1. The SMILES string of the molecule is C[C@@H]1O[C@]1(CCCCO)OCc1ccccc1. The monoisotopic (exact) mass is 236 g/mol. The van der Waals surface area contributed by atoms with Crippen molar-refractivity contribution in [2.45, 2.75) is 44.7 Å². The molecule has 1 N–H and O–H groups in total. The van der Waals surface area contributed by atoms with Crippen LogP contribution < -0.4 is 0 Å². The van der Waals surface area contributed by atoms with Crippen LogP contribution in [0.1, 0.15) is 31.7 Å². The predicted octanol–water partition coefficient (Wildman–Crippen LogP) is 2.48. The van der Waals surface area contributed by atoms with Gasteiger partial charge >= 0.3 is 0 Å². The number of aliphatic hydroxyl groups excluding tert-OH is 1. The Morgan fingerprint density at radius 1 is 1.29 bits per heavy atom. The molecule has 0 unspecified atom stereocenters. The quantitative estimate of drug-likeness (QED) is 0.584. The van der Waals surface area contributed by atoms with E-state index in [4.69, 9.17) is 14.6 Å². The van der Waals surface area contributed by atoms with Crippen molar-refractivity contribution in [1.82, 2.24) is 0 Å². The van der Waals surface area contributed by atoms with Crippen LogP contribution in [0.3, 0.4) is 0 Å². The molecule has 3 nitrogen and oxygen atoms in total. The maximum atomic E-state index is 8.78. The topological polar surface area (TPSA) is 42.0 Å². The van der Waals surface area contributed by atoms with Gasteiger partial charge in [0.15, 0.2) is 5.79 Å². The highest BCUT2D eigenvalue weighted by Gasteiger charge is 2.54. The van der Waals surface area contributed by atoms with E-state index in [1.807, 2.05) is 25.1 Å². The van der Waals surface area contributed by atoms with Crippen molar-refractivity contribution in [3.63, 3.8) is 0 Å². The summed E-state index contributed by atoms with van der Waals surface area (Å²) < 4.78 is 11.5. The summed E-state index contributed by atoms with van der Waals surface area (Å²) in [6, 6.07) is 10.1. The Morgan fingerprint density at radius 3 is 2.59 bits per heavy atom. The third-order valence-electron chi connectivity index (χ3n) is 3.20. The first kappa shape index (κ1) is 12.6. The molecule has 1 heterocycles. The van der Waals surface area contributed by atoms with Crippen molar-refractivity contribution in [2.24, 2.45) is 0 Å². The Bertz CT molecular complexity index is 339. The van der Waals surface area contributed by atoms with Gasteiger partial charge in [0, 0.05) is 13.0 Å². The molecule has 0 amide bonds. The summed E-state index contributed by atoms with van der Waals surface area (Å²) >= 11 is 0. The van der Waals surface area contributed by atoms with Gasteiger partial charge < -0.3 is 14.6 Å². The third kappa shape index (κ3) is 3.28. The van der Waals surface area contributed by atoms with Crippen LogP contribution in [0.25, 0.3) is 0 Å². The fraction of sp³-hybridized carbons (Fsp3) is 0.571. The van der Waals surface area contributed by atoms with Gasteiger partial charge in [0.05, 0.1) is 6.61 Å². The third-order valence-corrected chi connectivity index (χ3v) is 3.20. The summed E-state index contributed by atoms with van der Waals surface area (Å²) in [6.45, 7) is 2.86. The van der Waals surface area contributed by atoms with E-state index in [1.54, 1.807) is 0 Å². The zero-order valence-corrected chi connectivity index (χ0v) is 10.3. The van der Waals surface area contributed by atoms with Crippen LogP contribution in [0.15, 0.2) is 30.3 Å². The molecule has 1 fully saturated rings. The van der Waals surface area contributed by atoms with Gasteiger partial charge in [0.25, 0.3) is 0 Å². The fourth-order valence-electron chi connectivity index (χ4n) is 2.01. The number of hydrogen-bond acceptors (Lipinski definition) is 3. The maximum Gasteiger partial charge on any atom is 0.195 e. The smallest absolute Gasteiger partial charge is 0.195 e. The van der Waals surface area contributed by atoms with E-state index < -0.39 is 5.79 Å². The molecule has 2 rings (SSSR count). The lowest BCUT2D eigenvalue weighted by molar-refractivity contribution is -0.0611. The van der Waals surface area contributed by atoms with Crippen molar-refractivity contribution in [2.75, 3.05) is 6.61 Å². The molecule has 3 heteroatoms. The second-order valence-electron chi connectivity index (χ2n) is 4.53. The van der Waals surface area contributed by atoms with E-state index in [-0.39, 0.29) is 12.7 Å². The Hall–Kier alpha value is -0.900. The highest BCUT2D eigenvalue weighted by Crippen LogP contribution is 2.42. The summed E-state index contributed by atoms with van der Waals surface area (Å²) in [4.78, 5) is 0. The molecule has 0 aliphatic carbocycles. The number of rotatable bonds is 7. The van der Waals surface area contributed by atoms with Gasteiger partial charge in [0.2, 0.25) is 0 Å². The Labute approximate surface area is 102 Å². The summed E-state index contributed by atoms with van der Waals surface area (Å²) in [5.74, 6) is -0.398. The lowest BCUT2D eigenvalue weighted by Crippen LogP contribution is -2.19. The molecular weight excluding hydrogens is 216 g/mol. The highest BCUT2D eigenvalue weighted by molar-refractivity contribution is 5.13. The van der Waals surface area contributed by atoms with E-state index in [0.29, 0.717) is 6.61 Å². The second-order valence-corrected chi connectivity index (χ2v) is 4.53. The molecule has 1 saturated heterocycles. The van der Waals surface area contributed by atoms with Crippen LogP contribution >= 0.6 is 0 Å². The number of hydrogen-bond donors (Lipinski definition) is 1. The molecule has 94 valence electrons. The van der Waals surface area contributed by atoms with Crippen molar-refractivity contribution in [3.8, 4) is 0 Å². The van der Waals surface area contributed by atoms with E-state index in [2.05, 4.69) is 12.1 Å². The second kappa shape index (κ2) is 5.63. The zero-order chi connectivity index (χ0) is 12.1. The van der Waals surface area contributed by atoms with Crippen LogP contribution in [0.5, 0.6) is 0 Å². The molecule has 1 aromatic rings. The number of aliphatic hydroxyl groups is 1. The molecule has 0 saturated carbocycles. The van der Waals surface area contributed by atoms with Crippen molar-refractivity contribution in [1.29, 1.82) is 0 Å². The van der Waals surface area contributed by atoms with E-state index in [1.165, 1.54) is 0 Å². The number of unbranched alkanes of at least 4 members (excludes halogenated alkanes) is 1. The summed E-state index contributed by atoms with van der Waals surface area (Å²) in [5.41, 5.74) is 1.16. The average Bonchev–Trinajstić information content (AvgIpc) is 3.00. The van der Waals surface area contributed by atoms with Gasteiger partial charge in [-0.15, -0.1) is 0 Å². The minimum atomic E-state index is -0.398. The van der Waals surface area contributed by atoms with Gasteiger partial charge in [-0.25, -0.2) is 0 Å². The minimum Gasteiger partial charge on any atom is -0.396 e. The highest BCUT2D eigenvalue weighted by atomic mass is 16.8. The number of epoxide rings is 1. The fourth-order valence-corrected chi connectivity index (χ4v) is 2.01. The van der Waals surface area contributed by atoms with Gasteiger partial charge in [-0.1, -0.05) is 30.3 Å². The Kier molecular flexibility index (Phi) is 4.15. The van der Waals surface area contributed by atoms with Crippen molar-refractivity contribution in [3.05, 3.63) is 35.9 Å². The molecule has 0 radical (unpaired) electrons. The molecule has 17 heavy (non-hydrogen) atoms. The zero-order valence-electron chi connectivity index (χ0n) is 10.3. The van der Waals surface area contributed by atoms with Crippen LogP contribution in [0.2, 0.25) is 0 Å². The van der Waals surface area contributed by atoms with Crippen molar-refractivity contribution < 1.29 is 14.6 Å². The van der Waals surface area contributed by atoms with E-state index in [0.717, 1.165) is 24.8 Å². The van der Waals surface area contributed by atoms with E-state index in [9.17, 15) is 0 Å². The number of benzene rings is 1. The molecule has 2 atom stereocenters. The van der Waals surface area contributed by atoms with Crippen LogP contribution in [-0.4, -0.2) is 23.6 Å². The molecule has 0 aromatic heterocycles. The molecule has 1 aliphatic rings. The lowest BCUT2D eigenvalue weighted by Gasteiger charge is -2.13. The van der Waals surface area contributed by atoms with Gasteiger partial charge in [-0.05, 0) is 25.3 Å². The van der Waals surface area contributed by atoms with Crippen LogP contribution in [0, 0.1) is 0 Å². The Balaban J connectivity index is 1.80. The molecule has 0 bridgehead atoms. The first-order chi connectivity index (χ1) is 8.27. The first-order valence-electron chi connectivity index (χ1n) is 6.23. The molecular formula is C14H20O3. The molecule has 1 aliphatic heterocycles. The predicted molar refractivity (Wildman–Crippen MR) is 65.4 cm³/mol. The van der Waals surface area contributed by atoms with Gasteiger partial charge in [-0.3, -0.25) is 0 Å². The summed E-state index contributed by atoms with van der Waals surface area (Å²) in [6.07, 6.45) is 2.79. The number of ether oxygens (including phenoxy) is 2. The molecule has 0 spiro atoms. The van der Waals surface area contributed by atoms with Crippen LogP contribution in [-0.2, 0) is 16.1 Å². The van der Waals surface area contributed by atoms with E-state index >= 15 is 0 Å². The summed E-state index contributed by atoms with van der Waals surface area (Å²) in [7, 11) is 0. The average molecular weight is 236 g/mol. The first-order valence-corrected chi connectivity index (χ1v) is 6.23. The Morgan fingerprint density at radius 2 is 2.00 bits per heavy atom. The van der Waals surface area contributed by atoms with Crippen molar-refractivity contribution >= 4 is 0 Å². The summed E-state index contributed by atoms with van der Waals surface area (Å²) in [5, 5.41) is 8.78. The standard InChI is InChI=1S/C14H20O3/c1-12-14(17-12,9-5-6-10-15)16-11-13-7-3-2-4-8-13/h2-4,7-8,12,15H,5-6,9-11H2,1H3/t12-,14-/m0/s1. The van der Waals surface area contributed by atoms with Gasteiger partial charge in [0.1, 0.15) is 6.10 Å².